The monoisotopic (exact) mass is 453 g/mol. The van der Waals surface area contributed by atoms with Gasteiger partial charge in [0, 0.05) is 28.2 Å². The number of aliphatic hydroxyl groups is 1. The fraction of sp³-hybridized carbons (Fsp3) is 0.556. The Bertz CT molecular complexity index is 1150. The van der Waals surface area contributed by atoms with Crippen molar-refractivity contribution in [1.82, 2.24) is 0 Å². The molecule has 2 aromatic rings. The molecule has 0 amide bonds. The van der Waals surface area contributed by atoms with Gasteiger partial charge in [-0.25, -0.2) is 4.39 Å². The molecule has 33 heavy (non-hydrogen) atoms. The van der Waals surface area contributed by atoms with Crippen LogP contribution in [0.5, 0.6) is 0 Å². The number of hydrogen-bond donors (Lipinski definition) is 2. The molecule has 3 aliphatic rings. The van der Waals surface area contributed by atoms with Gasteiger partial charge in [-0.05, 0) is 73.0 Å². The molecular formula is C27H31F2N2O2+. The van der Waals surface area contributed by atoms with E-state index in [1.54, 1.807) is 12.1 Å². The zero-order valence-electron chi connectivity index (χ0n) is 19.2. The molecule has 174 valence electrons. The van der Waals surface area contributed by atoms with Gasteiger partial charge in [0.05, 0.1) is 11.2 Å². The first-order valence-corrected chi connectivity index (χ1v) is 12.0. The summed E-state index contributed by atoms with van der Waals surface area (Å²) in [5, 5.41) is 30.7. The molecule has 3 aliphatic carbocycles. The van der Waals surface area contributed by atoms with Gasteiger partial charge in [0.15, 0.2) is 5.82 Å². The van der Waals surface area contributed by atoms with Gasteiger partial charge < -0.3 is 5.11 Å². The number of aromatic nitrogens is 1. The first kappa shape index (κ1) is 22.3. The van der Waals surface area contributed by atoms with Gasteiger partial charge in [-0.3, -0.25) is 5.21 Å². The second-order valence-corrected chi connectivity index (χ2v) is 10.7. The maximum absolute atomic E-state index is 15.0. The number of rotatable bonds is 3. The molecule has 6 atom stereocenters. The van der Waals surface area contributed by atoms with Crippen molar-refractivity contribution >= 4 is 0 Å². The first-order chi connectivity index (χ1) is 15.7. The van der Waals surface area contributed by atoms with Crippen LogP contribution in [0.25, 0.3) is 0 Å². The second kappa shape index (κ2) is 7.77. The highest BCUT2D eigenvalue weighted by atomic mass is 19.1. The van der Waals surface area contributed by atoms with Crippen molar-refractivity contribution in [3.05, 3.63) is 64.5 Å². The highest BCUT2D eigenvalue weighted by Crippen LogP contribution is 2.67. The lowest BCUT2D eigenvalue weighted by Gasteiger charge is -2.56. The SMILES string of the molecule is CC[C@H]1C[C@@]2(C)C(CC[C@@]2(O)Cc2cc[n+](O)cc2F)C2CCc3c(ccc(C#N)c3F)C21. The van der Waals surface area contributed by atoms with Crippen molar-refractivity contribution in [3.8, 4) is 6.07 Å². The number of nitrogens with zero attached hydrogens (tertiary/aromatic N) is 2. The van der Waals surface area contributed by atoms with E-state index in [9.17, 15) is 20.0 Å². The molecule has 0 radical (unpaired) electrons. The quantitative estimate of drug-likeness (QED) is 0.517. The van der Waals surface area contributed by atoms with Gasteiger partial charge in [-0.15, -0.1) is 0 Å². The third kappa shape index (κ3) is 3.19. The summed E-state index contributed by atoms with van der Waals surface area (Å²) < 4.78 is 30.2. The molecule has 0 spiro atoms. The highest BCUT2D eigenvalue weighted by molar-refractivity contribution is 5.44. The maximum Gasteiger partial charge on any atom is 0.258 e. The van der Waals surface area contributed by atoms with E-state index >= 15 is 4.39 Å². The van der Waals surface area contributed by atoms with Crippen molar-refractivity contribution in [1.29, 1.82) is 5.26 Å². The molecular weight excluding hydrogens is 422 g/mol. The van der Waals surface area contributed by atoms with E-state index in [1.807, 2.05) is 12.1 Å². The Balaban J connectivity index is 1.52. The normalized spacial score (nSPS) is 34.8. The number of benzene rings is 1. The van der Waals surface area contributed by atoms with Crippen LogP contribution in [0.1, 0.15) is 74.1 Å². The van der Waals surface area contributed by atoms with E-state index in [0.29, 0.717) is 34.6 Å². The third-order valence-corrected chi connectivity index (χ3v) is 9.40. The molecule has 2 N–H and O–H groups in total. The smallest absolute Gasteiger partial charge is 0.258 e. The number of halogens is 2. The van der Waals surface area contributed by atoms with Gasteiger partial charge in [0.2, 0.25) is 6.20 Å². The molecule has 2 saturated carbocycles. The van der Waals surface area contributed by atoms with Gasteiger partial charge in [0.25, 0.3) is 6.20 Å². The zero-order chi connectivity index (χ0) is 23.5. The minimum atomic E-state index is -1.03. The fourth-order valence-corrected chi connectivity index (χ4v) is 7.74. The van der Waals surface area contributed by atoms with E-state index in [-0.39, 0.29) is 41.0 Å². The van der Waals surface area contributed by atoms with Crippen LogP contribution in [-0.4, -0.2) is 15.9 Å². The van der Waals surface area contributed by atoms with Crippen LogP contribution in [-0.2, 0) is 12.8 Å². The fourth-order valence-electron chi connectivity index (χ4n) is 7.74. The number of pyridine rings is 1. The molecule has 1 heterocycles. The summed E-state index contributed by atoms with van der Waals surface area (Å²) in [6.07, 6.45) is 7.31. The minimum absolute atomic E-state index is 0.116. The van der Waals surface area contributed by atoms with Crippen molar-refractivity contribution in [2.24, 2.45) is 23.2 Å². The molecule has 1 aromatic carbocycles. The lowest BCUT2D eigenvalue weighted by Crippen LogP contribution is -2.54. The van der Waals surface area contributed by atoms with Crippen LogP contribution in [0.4, 0.5) is 8.78 Å². The molecule has 0 bridgehead atoms. The number of nitriles is 1. The molecule has 5 rings (SSSR count). The van der Waals surface area contributed by atoms with E-state index in [2.05, 4.69) is 13.8 Å². The standard InChI is InChI=1S/C27H31F2N2O2/c1-3-16-12-26(2)22(8-10-27(26,32)13-17-9-11-31(33)15-23(17)28)21-7-6-20-19(24(16)21)5-4-18(14-30)25(20)29/h4-5,9,11,15-16,21-22,24,32-33H,3,6-8,10,12-13H2,1-2H3/q+1/t16-,21?,22?,24?,26-,27+/m0/s1. The van der Waals surface area contributed by atoms with Gasteiger partial charge in [-0.1, -0.05) is 26.3 Å². The Hall–Kier alpha value is -2.52. The summed E-state index contributed by atoms with van der Waals surface area (Å²) in [6.45, 7) is 4.33. The van der Waals surface area contributed by atoms with Crippen molar-refractivity contribution in [3.63, 3.8) is 0 Å². The highest BCUT2D eigenvalue weighted by Gasteiger charge is 2.63. The predicted octanol–water partition coefficient (Wildman–Crippen LogP) is 4.83. The third-order valence-electron chi connectivity index (χ3n) is 9.40. The molecule has 1 aromatic heterocycles. The summed E-state index contributed by atoms with van der Waals surface area (Å²) in [4.78, 5) is 0. The van der Waals surface area contributed by atoms with Crippen LogP contribution in [0.3, 0.4) is 0 Å². The Morgan fingerprint density at radius 1 is 1.24 bits per heavy atom. The zero-order valence-corrected chi connectivity index (χ0v) is 19.2. The van der Waals surface area contributed by atoms with Crippen LogP contribution < -0.4 is 4.73 Å². The topological polar surface area (TPSA) is 68.1 Å². The summed E-state index contributed by atoms with van der Waals surface area (Å²) >= 11 is 0. The second-order valence-electron chi connectivity index (χ2n) is 10.7. The van der Waals surface area contributed by atoms with E-state index < -0.39 is 11.4 Å². The average Bonchev–Trinajstić information content (AvgIpc) is 3.05. The summed E-state index contributed by atoms with van der Waals surface area (Å²) in [6, 6.07) is 7.09. The molecule has 2 fully saturated rings. The number of hydrogen-bond acceptors (Lipinski definition) is 3. The Morgan fingerprint density at radius 2 is 2.03 bits per heavy atom. The summed E-state index contributed by atoms with van der Waals surface area (Å²) in [5.41, 5.74) is 0.886. The van der Waals surface area contributed by atoms with Gasteiger partial charge in [-0.2, -0.15) is 9.65 Å². The largest absolute Gasteiger partial charge is 0.389 e. The van der Waals surface area contributed by atoms with Crippen LogP contribution >= 0.6 is 0 Å². The Morgan fingerprint density at radius 3 is 2.73 bits per heavy atom. The first-order valence-electron chi connectivity index (χ1n) is 12.0. The van der Waals surface area contributed by atoms with Crippen LogP contribution in [0, 0.1) is 46.1 Å². The van der Waals surface area contributed by atoms with Crippen LogP contribution in [0.15, 0.2) is 30.6 Å². The van der Waals surface area contributed by atoms with E-state index in [0.717, 1.165) is 37.4 Å². The van der Waals surface area contributed by atoms with Crippen LogP contribution in [0.2, 0.25) is 0 Å². The summed E-state index contributed by atoms with van der Waals surface area (Å²) in [5.74, 6) is 0.243. The van der Waals surface area contributed by atoms with E-state index in [1.165, 1.54) is 6.20 Å². The van der Waals surface area contributed by atoms with Crippen molar-refractivity contribution in [2.75, 3.05) is 0 Å². The average molecular weight is 454 g/mol. The molecule has 0 aliphatic heterocycles. The molecule has 4 nitrogen and oxygen atoms in total. The molecule has 6 heteroatoms. The molecule has 3 unspecified atom stereocenters. The minimum Gasteiger partial charge on any atom is -0.389 e. The Kier molecular flexibility index (Phi) is 5.25. The summed E-state index contributed by atoms with van der Waals surface area (Å²) in [7, 11) is 0. The predicted molar refractivity (Wildman–Crippen MR) is 117 cm³/mol. The number of fused-ring (bicyclic) bond motifs is 5. The molecule has 0 saturated heterocycles. The lowest BCUT2D eigenvalue weighted by molar-refractivity contribution is -0.905. The lowest BCUT2D eigenvalue weighted by atomic mass is 9.49. The maximum atomic E-state index is 15.0. The van der Waals surface area contributed by atoms with E-state index in [4.69, 9.17) is 0 Å². The van der Waals surface area contributed by atoms with Gasteiger partial charge in [0.1, 0.15) is 11.9 Å². The van der Waals surface area contributed by atoms with Crippen molar-refractivity contribution in [2.45, 2.75) is 70.3 Å². The van der Waals surface area contributed by atoms with Crippen molar-refractivity contribution < 1.29 is 23.8 Å². The Labute approximate surface area is 193 Å². The van der Waals surface area contributed by atoms with Gasteiger partial charge >= 0.3 is 0 Å².